The van der Waals surface area contributed by atoms with E-state index in [0.29, 0.717) is 0 Å². The second-order valence-electron chi connectivity index (χ2n) is 14.9. The van der Waals surface area contributed by atoms with Crippen molar-refractivity contribution in [1.29, 1.82) is 0 Å². The number of hydrogen-bond donors (Lipinski definition) is 0. The van der Waals surface area contributed by atoms with Crippen molar-refractivity contribution in [2.75, 3.05) is 4.90 Å². The van der Waals surface area contributed by atoms with E-state index in [1.54, 1.807) is 0 Å². The van der Waals surface area contributed by atoms with Crippen LogP contribution >= 0.6 is 0 Å². The normalized spacial score (nSPS) is 11.8. The number of para-hydroxylation sites is 4. The number of aromatic nitrogens is 1. The topological polar surface area (TPSA) is 34.5 Å². The van der Waals surface area contributed by atoms with Crippen molar-refractivity contribution in [2.24, 2.45) is 0 Å². The Morgan fingerprint density at radius 2 is 0.741 bits per heavy atom. The van der Waals surface area contributed by atoms with Crippen molar-refractivity contribution in [3.8, 4) is 27.9 Å². The lowest BCUT2D eigenvalue weighted by atomic mass is 10.0. The zero-order chi connectivity index (χ0) is 38.2. The summed E-state index contributed by atoms with van der Waals surface area (Å²) in [4.78, 5) is 2.30. The Morgan fingerprint density at radius 1 is 0.293 bits per heavy atom. The highest BCUT2D eigenvalue weighted by Gasteiger charge is 2.18. The number of rotatable bonds is 6. The highest BCUT2D eigenvalue weighted by atomic mass is 16.3. The van der Waals surface area contributed by atoms with Crippen LogP contribution in [0.5, 0.6) is 0 Å². The molecular formula is C54H34N2O2. The standard InChI is InChI=1S/C54H34N2O2/c1-2-10-39(11-3-1)56-49-15-7-4-12-43(49)44-29-22-37(32-50(44)56)35-18-24-40(25-19-35)55(42-28-31-48-46-14-6-9-17-52(46)58-54(48)34-42)41-26-20-36(21-27-41)38-23-30-47-45-13-5-8-16-51(45)57-53(47)33-38/h1-34H. The van der Waals surface area contributed by atoms with Crippen LogP contribution in [0.3, 0.4) is 0 Å². The SMILES string of the molecule is c1ccc(-n2c3ccccc3c3ccc(-c4ccc(N(c5ccc(-c6ccc7c(c6)oc6ccccc67)cc5)c5ccc6c(c5)oc5ccccc56)cc4)cc32)cc1. The molecule has 12 rings (SSSR count). The van der Waals surface area contributed by atoms with Gasteiger partial charge in [-0.05, 0) is 107 Å². The quantitative estimate of drug-likeness (QED) is 0.170. The van der Waals surface area contributed by atoms with Crippen LogP contribution < -0.4 is 4.90 Å². The molecule has 0 radical (unpaired) electrons. The summed E-state index contributed by atoms with van der Waals surface area (Å²) in [7, 11) is 0. The van der Waals surface area contributed by atoms with Crippen LogP contribution in [0, 0.1) is 0 Å². The van der Waals surface area contributed by atoms with Gasteiger partial charge in [0.2, 0.25) is 0 Å². The monoisotopic (exact) mass is 742 g/mol. The summed E-state index contributed by atoms with van der Waals surface area (Å²) in [5, 5.41) is 6.99. The van der Waals surface area contributed by atoms with E-state index < -0.39 is 0 Å². The molecule has 0 atom stereocenters. The summed E-state index contributed by atoms with van der Waals surface area (Å²) < 4.78 is 15.0. The summed E-state index contributed by atoms with van der Waals surface area (Å²) in [5.74, 6) is 0. The molecule has 3 aromatic heterocycles. The van der Waals surface area contributed by atoms with Crippen LogP contribution in [0.4, 0.5) is 17.1 Å². The molecule has 0 N–H and O–H groups in total. The first-order chi connectivity index (χ1) is 28.7. The molecule has 272 valence electrons. The van der Waals surface area contributed by atoms with Crippen LogP contribution in [-0.4, -0.2) is 4.57 Å². The largest absolute Gasteiger partial charge is 0.456 e. The van der Waals surface area contributed by atoms with Crippen molar-refractivity contribution in [1.82, 2.24) is 4.57 Å². The lowest BCUT2D eigenvalue weighted by molar-refractivity contribution is 0.668. The Balaban J connectivity index is 0.952. The van der Waals surface area contributed by atoms with Crippen molar-refractivity contribution in [3.63, 3.8) is 0 Å². The minimum atomic E-state index is 0.859. The molecule has 0 saturated carbocycles. The van der Waals surface area contributed by atoms with Gasteiger partial charge in [0, 0.05) is 61.1 Å². The van der Waals surface area contributed by atoms with Gasteiger partial charge in [-0.15, -0.1) is 0 Å². The first kappa shape index (κ1) is 32.4. The fraction of sp³-hybridized carbons (Fsp3) is 0. The maximum absolute atomic E-state index is 6.39. The summed E-state index contributed by atoms with van der Waals surface area (Å²) >= 11 is 0. The third-order valence-corrected chi connectivity index (χ3v) is 11.6. The van der Waals surface area contributed by atoms with Crippen LogP contribution in [-0.2, 0) is 0 Å². The van der Waals surface area contributed by atoms with Crippen LogP contribution in [0.2, 0.25) is 0 Å². The summed E-state index contributed by atoms with van der Waals surface area (Å²) in [6.07, 6.45) is 0. The van der Waals surface area contributed by atoms with E-state index in [-0.39, 0.29) is 0 Å². The molecule has 0 spiro atoms. The van der Waals surface area contributed by atoms with Gasteiger partial charge < -0.3 is 18.3 Å². The highest BCUT2D eigenvalue weighted by Crippen LogP contribution is 2.41. The van der Waals surface area contributed by atoms with Gasteiger partial charge in [0.05, 0.1) is 11.0 Å². The number of hydrogen-bond acceptors (Lipinski definition) is 3. The van der Waals surface area contributed by atoms with Gasteiger partial charge in [-0.2, -0.15) is 0 Å². The molecule has 12 aromatic rings. The highest BCUT2D eigenvalue weighted by molar-refractivity contribution is 6.10. The molecule has 0 unspecified atom stereocenters. The fourth-order valence-electron chi connectivity index (χ4n) is 8.82. The smallest absolute Gasteiger partial charge is 0.137 e. The van der Waals surface area contributed by atoms with Crippen LogP contribution in [0.15, 0.2) is 215 Å². The Kier molecular flexibility index (Phi) is 7.20. The zero-order valence-corrected chi connectivity index (χ0v) is 31.3. The maximum Gasteiger partial charge on any atom is 0.137 e. The Labute approximate surface area is 334 Å². The Morgan fingerprint density at radius 3 is 1.40 bits per heavy atom. The van der Waals surface area contributed by atoms with Crippen molar-refractivity contribution in [3.05, 3.63) is 206 Å². The molecule has 0 aliphatic rings. The summed E-state index contributed by atoms with van der Waals surface area (Å²) in [5.41, 5.74) is 14.8. The van der Waals surface area contributed by atoms with Crippen molar-refractivity contribution in [2.45, 2.75) is 0 Å². The van der Waals surface area contributed by atoms with E-state index in [4.69, 9.17) is 8.83 Å². The number of furan rings is 2. The molecule has 0 aliphatic heterocycles. The van der Waals surface area contributed by atoms with E-state index in [9.17, 15) is 0 Å². The summed E-state index contributed by atoms with van der Waals surface area (Å²) in [6.45, 7) is 0. The van der Waals surface area contributed by atoms with E-state index >= 15 is 0 Å². The third-order valence-electron chi connectivity index (χ3n) is 11.6. The van der Waals surface area contributed by atoms with Crippen LogP contribution in [0.1, 0.15) is 0 Å². The molecule has 0 saturated heterocycles. The summed E-state index contributed by atoms with van der Waals surface area (Å²) in [6, 6.07) is 73.3. The van der Waals surface area contributed by atoms with Gasteiger partial charge in [0.25, 0.3) is 0 Å². The second-order valence-corrected chi connectivity index (χ2v) is 14.9. The van der Waals surface area contributed by atoms with E-state index in [1.807, 2.05) is 24.3 Å². The number of anilines is 3. The molecule has 0 bridgehead atoms. The van der Waals surface area contributed by atoms with Gasteiger partial charge in [-0.1, -0.05) is 115 Å². The Bertz CT molecular complexity index is 3500. The molecular weight excluding hydrogens is 709 g/mol. The van der Waals surface area contributed by atoms with Gasteiger partial charge in [0.15, 0.2) is 0 Å². The van der Waals surface area contributed by atoms with Gasteiger partial charge in [-0.3, -0.25) is 0 Å². The minimum Gasteiger partial charge on any atom is -0.456 e. The first-order valence-electron chi connectivity index (χ1n) is 19.7. The van der Waals surface area contributed by atoms with E-state index in [1.165, 1.54) is 27.4 Å². The lowest BCUT2D eigenvalue weighted by Crippen LogP contribution is -2.09. The van der Waals surface area contributed by atoms with Crippen molar-refractivity contribution >= 4 is 82.7 Å². The predicted molar refractivity (Wildman–Crippen MR) is 241 cm³/mol. The molecule has 0 fully saturated rings. The van der Waals surface area contributed by atoms with Gasteiger partial charge in [-0.25, -0.2) is 0 Å². The number of benzene rings is 9. The molecule has 4 nitrogen and oxygen atoms in total. The zero-order valence-electron chi connectivity index (χ0n) is 31.3. The lowest BCUT2D eigenvalue weighted by Gasteiger charge is -2.26. The minimum absolute atomic E-state index is 0.859. The number of nitrogens with zero attached hydrogens (tertiary/aromatic N) is 2. The third kappa shape index (κ3) is 5.16. The van der Waals surface area contributed by atoms with E-state index in [2.05, 4.69) is 191 Å². The van der Waals surface area contributed by atoms with Gasteiger partial charge >= 0.3 is 0 Å². The van der Waals surface area contributed by atoms with Crippen molar-refractivity contribution < 1.29 is 8.83 Å². The first-order valence-corrected chi connectivity index (χ1v) is 19.7. The molecule has 58 heavy (non-hydrogen) atoms. The fourth-order valence-corrected chi connectivity index (χ4v) is 8.82. The Hall–Kier alpha value is -7.82. The average molecular weight is 743 g/mol. The van der Waals surface area contributed by atoms with Gasteiger partial charge in [0.1, 0.15) is 22.3 Å². The molecule has 0 amide bonds. The average Bonchev–Trinajstić information content (AvgIpc) is 3.96. The molecule has 9 aromatic carbocycles. The molecule has 4 heteroatoms. The number of fused-ring (bicyclic) bond motifs is 9. The second kappa shape index (κ2) is 12.9. The van der Waals surface area contributed by atoms with E-state index in [0.717, 1.165) is 83.3 Å². The predicted octanol–water partition coefficient (Wildman–Crippen LogP) is 15.4. The molecule has 0 aliphatic carbocycles. The van der Waals surface area contributed by atoms with Crippen LogP contribution in [0.25, 0.3) is 93.6 Å². The molecule has 3 heterocycles. The maximum atomic E-state index is 6.39.